The molecule has 0 bridgehead atoms. The van der Waals surface area contributed by atoms with E-state index in [0.29, 0.717) is 6.42 Å². The molecule has 1 rings (SSSR count). The first kappa shape index (κ1) is 19.5. The van der Waals surface area contributed by atoms with Crippen molar-refractivity contribution in [3.8, 4) is 0 Å². The van der Waals surface area contributed by atoms with Crippen LogP contribution in [-0.4, -0.2) is 46.5 Å². The molecule has 3 amide bonds. The van der Waals surface area contributed by atoms with E-state index in [2.05, 4.69) is 0 Å². The maximum Gasteiger partial charge on any atom is 0.358 e. The molecule has 0 saturated carbocycles. The monoisotopic (exact) mass is 350 g/mol. The van der Waals surface area contributed by atoms with E-state index < -0.39 is 18.8 Å². The fraction of sp³-hybridized carbons (Fsp3) is 0.857. The Morgan fingerprint density at radius 3 is 2.27 bits per heavy atom. The third-order valence-electron chi connectivity index (χ3n) is 3.96. The largest absolute Gasteiger partial charge is 0.358 e. The zero-order valence-corrected chi connectivity index (χ0v) is 15.9. The molecule has 0 aromatic heterocycles. The van der Waals surface area contributed by atoms with Crippen molar-refractivity contribution in [2.24, 2.45) is 5.92 Å². The number of imide groups is 1. The summed E-state index contributed by atoms with van der Waals surface area (Å²) in [6.45, 7) is 6.30. The minimum atomic E-state index is -3.46. The van der Waals surface area contributed by atoms with E-state index in [1.54, 1.807) is 6.92 Å². The average molecular weight is 350 g/mol. The molecule has 0 aliphatic carbocycles. The van der Waals surface area contributed by atoms with Crippen molar-refractivity contribution in [2.45, 2.75) is 58.8 Å². The van der Waals surface area contributed by atoms with Gasteiger partial charge in [0, 0.05) is 12.3 Å². The SMILES string of the molecule is CCOP(=O)(SC(C)CC)N1C(=O)N(C)C(=O)C1C(C)CC. The lowest BCUT2D eigenvalue weighted by Gasteiger charge is -2.32. The van der Waals surface area contributed by atoms with E-state index in [1.807, 2.05) is 27.7 Å². The van der Waals surface area contributed by atoms with Crippen LogP contribution in [0.5, 0.6) is 0 Å². The molecule has 0 radical (unpaired) electrons. The molecule has 4 unspecified atom stereocenters. The summed E-state index contributed by atoms with van der Waals surface area (Å²) in [7, 11) is 1.43. The molecule has 1 fully saturated rings. The quantitative estimate of drug-likeness (QED) is 0.489. The number of likely N-dealkylation sites (N-methyl/N-ethyl adjacent to an activating group) is 1. The Labute approximate surface area is 137 Å². The number of hydrogen-bond donors (Lipinski definition) is 0. The van der Waals surface area contributed by atoms with Crippen LogP contribution in [-0.2, 0) is 13.9 Å². The Morgan fingerprint density at radius 1 is 1.23 bits per heavy atom. The molecule has 0 spiro atoms. The molecule has 1 aliphatic rings. The van der Waals surface area contributed by atoms with Gasteiger partial charge < -0.3 is 4.52 Å². The molecule has 0 aromatic carbocycles. The number of urea groups is 1. The topological polar surface area (TPSA) is 66.9 Å². The number of rotatable bonds is 8. The predicted molar refractivity (Wildman–Crippen MR) is 89.8 cm³/mol. The molecule has 8 heteroatoms. The minimum absolute atomic E-state index is 0.0729. The lowest BCUT2D eigenvalue weighted by Crippen LogP contribution is -2.37. The minimum Gasteiger partial charge on any atom is -0.306 e. The normalized spacial score (nSPS) is 24.5. The van der Waals surface area contributed by atoms with Crippen LogP contribution < -0.4 is 0 Å². The Bertz CT molecular complexity index is 474. The summed E-state index contributed by atoms with van der Waals surface area (Å²) in [4.78, 5) is 26.0. The fourth-order valence-corrected chi connectivity index (χ4v) is 7.56. The zero-order chi connectivity index (χ0) is 17.1. The van der Waals surface area contributed by atoms with Crippen LogP contribution in [0.3, 0.4) is 0 Å². The lowest BCUT2D eigenvalue weighted by atomic mass is 9.99. The summed E-state index contributed by atoms with van der Waals surface area (Å²) in [5.41, 5.74) is 0. The van der Waals surface area contributed by atoms with Gasteiger partial charge in [0.15, 0.2) is 0 Å². The highest BCUT2D eigenvalue weighted by Crippen LogP contribution is 2.66. The standard InChI is InChI=1S/C14H27N2O4PS/c1-7-10(4)12-13(17)15(6)14(18)16(12)21(19,20-9-3)22-11(5)8-2/h10-12H,7-9H2,1-6H3. The third-order valence-corrected chi connectivity index (χ3v) is 9.17. The summed E-state index contributed by atoms with van der Waals surface area (Å²) < 4.78 is 20.1. The van der Waals surface area contributed by atoms with E-state index in [9.17, 15) is 14.2 Å². The van der Waals surface area contributed by atoms with Crippen molar-refractivity contribution in [1.82, 2.24) is 9.57 Å². The maximum absolute atomic E-state index is 13.4. The zero-order valence-electron chi connectivity index (χ0n) is 14.2. The van der Waals surface area contributed by atoms with Crippen molar-refractivity contribution in [3.63, 3.8) is 0 Å². The first-order valence-corrected chi connectivity index (χ1v) is 10.8. The Morgan fingerprint density at radius 2 is 1.82 bits per heavy atom. The molecule has 4 atom stereocenters. The molecule has 0 N–H and O–H groups in total. The molecular weight excluding hydrogens is 323 g/mol. The van der Waals surface area contributed by atoms with Gasteiger partial charge in [0.25, 0.3) is 5.91 Å². The summed E-state index contributed by atoms with van der Waals surface area (Å²) in [6.07, 6.45) is 1.52. The molecule has 1 saturated heterocycles. The second kappa shape index (κ2) is 7.84. The van der Waals surface area contributed by atoms with Gasteiger partial charge in [-0.05, 0) is 30.6 Å². The van der Waals surface area contributed by atoms with Crippen LogP contribution in [0.2, 0.25) is 0 Å². The molecule has 0 aromatic rings. The molecule has 6 nitrogen and oxygen atoms in total. The van der Waals surface area contributed by atoms with Crippen LogP contribution in [0.25, 0.3) is 0 Å². The highest BCUT2D eigenvalue weighted by Gasteiger charge is 2.54. The van der Waals surface area contributed by atoms with Gasteiger partial charge in [-0.3, -0.25) is 14.3 Å². The predicted octanol–water partition coefficient (Wildman–Crippen LogP) is 3.97. The van der Waals surface area contributed by atoms with Crippen LogP contribution in [0.1, 0.15) is 47.5 Å². The first-order valence-electron chi connectivity index (χ1n) is 7.77. The number of carbonyl (C=O) groups is 2. The van der Waals surface area contributed by atoms with Crippen LogP contribution >= 0.6 is 18.1 Å². The van der Waals surface area contributed by atoms with E-state index in [-0.39, 0.29) is 23.7 Å². The van der Waals surface area contributed by atoms with Crippen molar-refractivity contribution in [3.05, 3.63) is 0 Å². The second-order valence-corrected chi connectivity index (χ2v) is 10.2. The highest BCUT2D eigenvalue weighted by atomic mass is 32.7. The van der Waals surface area contributed by atoms with Gasteiger partial charge in [-0.2, -0.15) is 0 Å². The van der Waals surface area contributed by atoms with E-state index >= 15 is 0 Å². The molecule has 1 heterocycles. The lowest BCUT2D eigenvalue weighted by molar-refractivity contribution is -0.128. The van der Waals surface area contributed by atoms with E-state index in [4.69, 9.17) is 4.52 Å². The number of amides is 3. The van der Waals surface area contributed by atoms with Crippen molar-refractivity contribution in [2.75, 3.05) is 13.7 Å². The summed E-state index contributed by atoms with van der Waals surface area (Å²) in [5.74, 6) is -0.378. The fourth-order valence-electron chi connectivity index (χ4n) is 2.24. The Balaban J connectivity index is 3.26. The Kier molecular flexibility index (Phi) is 6.96. The maximum atomic E-state index is 13.4. The van der Waals surface area contributed by atoms with Gasteiger partial charge in [0.2, 0.25) is 0 Å². The molecule has 128 valence electrons. The van der Waals surface area contributed by atoms with Gasteiger partial charge in [0.05, 0.1) is 6.61 Å². The van der Waals surface area contributed by atoms with Crippen molar-refractivity contribution < 1.29 is 18.7 Å². The van der Waals surface area contributed by atoms with E-state index in [0.717, 1.165) is 11.3 Å². The van der Waals surface area contributed by atoms with Crippen LogP contribution in [0.4, 0.5) is 4.79 Å². The van der Waals surface area contributed by atoms with Gasteiger partial charge in [-0.15, -0.1) is 0 Å². The molecular formula is C14H27N2O4PS. The first-order chi connectivity index (χ1) is 10.2. The molecule has 1 aliphatic heterocycles. The smallest absolute Gasteiger partial charge is 0.306 e. The highest BCUT2D eigenvalue weighted by molar-refractivity contribution is 8.56. The Hall–Kier alpha value is -0.520. The van der Waals surface area contributed by atoms with Crippen molar-refractivity contribution >= 4 is 30.0 Å². The third kappa shape index (κ3) is 3.69. The van der Waals surface area contributed by atoms with E-state index in [1.165, 1.54) is 23.1 Å². The van der Waals surface area contributed by atoms with Gasteiger partial charge in [0.1, 0.15) is 6.04 Å². The van der Waals surface area contributed by atoms with Gasteiger partial charge >= 0.3 is 12.8 Å². The number of hydrogen-bond acceptors (Lipinski definition) is 5. The molecule has 22 heavy (non-hydrogen) atoms. The summed E-state index contributed by atoms with van der Waals surface area (Å²) >= 11 is 1.17. The van der Waals surface area contributed by atoms with Gasteiger partial charge in [-0.1, -0.05) is 34.1 Å². The van der Waals surface area contributed by atoms with Gasteiger partial charge in [-0.25, -0.2) is 9.46 Å². The average Bonchev–Trinajstić information content (AvgIpc) is 2.71. The number of nitrogens with zero attached hydrogens (tertiary/aromatic N) is 2. The van der Waals surface area contributed by atoms with Crippen molar-refractivity contribution in [1.29, 1.82) is 0 Å². The number of carbonyl (C=O) groups excluding carboxylic acids is 2. The summed E-state index contributed by atoms with van der Waals surface area (Å²) in [6, 6.07) is -1.24. The summed E-state index contributed by atoms with van der Waals surface area (Å²) in [5, 5.41) is 0.0729. The second-order valence-electron chi connectivity index (χ2n) is 5.57. The van der Waals surface area contributed by atoms with Crippen LogP contribution in [0, 0.1) is 5.92 Å². The van der Waals surface area contributed by atoms with Crippen LogP contribution in [0.15, 0.2) is 0 Å².